The van der Waals surface area contributed by atoms with Crippen LogP contribution < -0.4 is 11.1 Å². The van der Waals surface area contributed by atoms with E-state index in [0.717, 1.165) is 32.1 Å². The molecule has 17 heavy (non-hydrogen) atoms. The number of amides is 1. The lowest BCUT2D eigenvalue weighted by atomic mass is 10.1. The van der Waals surface area contributed by atoms with Crippen molar-refractivity contribution in [3.8, 4) is 0 Å². The van der Waals surface area contributed by atoms with Gasteiger partial charge in [-0.1, -0.05) is 26.2 Å². The number of unbranched alkanes of at least 4 members (excludes halogenated alkanes) is 3. The largest absolute Gasteiger partial charge is 0.480 e. The van der Waals surface area contributed by atoms with Crippen molar-refractivity contribution in [2.75, 3.05) is 6.54 Å². The molecule has 0 saturated carbocycles. The summed E-state index contributed by atoms with van der Waals surface area (Å²) in [7, 11) is 0. The molecule has 0 radical (unpaired) electrons. The van der Waals surface area contributed by atoms with Gasteiger partial charge in [-0.3, -0.25) is 4.79 Å². The number of carboxylic acid groups (broad SMARTS) is 1. The van der Waals surface area contributed by atoms with Crippen LogP contribution in [-0.4, -0.2) is 29.6 Å². The van der Waals surface area contributed by atoms with Crippen molar-refractivity contribution in [2.45, 2.75) is 57.9 Å². The van der Waals surface area contributed by atoms with Gasteiger partial charge in [0.05, 0.1) is 0 Å². The van der Waals surface area contributed by atoms with Crippen LogP contribution in [0.4, 0.5) is 0 Å². The summed E-state index contributed by atoms with van der Waals surface area (Å²) in [6.45, 7) is 2.58. The SMILES string of the molecule is CCC[C@@H](NC(=O)CCCCCCN)C(=O)O. The van der Waals surface area contributed by atoms with Crippen LogP contribution in [0.1, 0.15) is 51.9 Å². The lowest BCUT2D eigenvalue weighted by Gasteiger charge is -2.13. The predicted molar refractivity (Wildman–Crippen MR) is 66.6 cm³/mol. The van der Waals surface area contributed by atoms with E-state index < -0.39 is 12.0 Å². The molecule has 1 atom stereocenters. The second-order valence-corrected chi connectivity index (χ2v) is 4.20. The maximum Gasteiger partial charge on any atom is 0.326 e. The number of hydrogen-bond acceptors (Lipinski definition) is 3. The lowest BCUT2D eigenvalue weighted by molar-refractivity contribution is -0.142. The molecule has 0 spiro atoms. The van der Waals surface area contributed by atoms with Crippen LogP contribution in [-0.2, 0) is 9.59 Å². The van der Waals surface area contributed by atoms with E-state index in [9.17, 15) is 9.59 Å². The Balaban J connectivity index is 3.71. The van der Waals surface area contributed by atoms with Crippen molar-refractivity contribution in [1.29, 1.82) is 0 Å². The van der Waals surface area contributed by atoms with Gasteiger partial charge >= 0.3 is 5.97 Å². The zero-order valence-corrected chi connectivity index (χ0v) is 10.6. The van der Waals surface area contributed by atoms with E-state index in [0.29, 0.717) is 19.4 Å². The number of aliphatic carboxylic acids is 1. The number of nitrogens with one attached hydrogen (secondary N) is 1. The summed E-state index contributed by atoms with van der Waals surface area (Å²) >= 11 is 0. The fourth-order valence-corrected chi connectivity index (χ4v) is 1.60. The molecular weight excluding hydrogens is 220 g/mol. The first kappa shape index (κ1) is 15.9. The number of carbonyl (C=O) groups is 2. The van der Waals surface area contributed by atoms with E-state index in [4.69, 9.17) is 10.8 Å². The number of carbonyl (C=O) groups excluding carboxylic acids is 1. The second kappa shape index (κ2) is 10.1. The van der Waals surface area contributed by atoms with Crippen LogP contribution in [0.5, 0.6) is 0 Å². The van der Waals surface area contributed by atoms with Crippen LogP contribution in [0.25, 0.3) is 0 Å². The summed E-state index contributed by atoms with van der Waals surface area (Å²) in [5, 5.41) is 11.4. The van der Waals surface area contributed by atoms with Crippen molar-refractivity contribution in [3.05, 3.63) is 0 Å². The van der Waals surface area contributed by atoms with Gasteiger partial charge in [0.25, 0.3) is 0 Å². The van der Waals surface area contributed by atoms with E-state index >= 15 is 0 Å². The Morgan fingerprint density at radius 3 is 2.41 bits per heavy atom. The van der Waals surface area contributed by atoms with Crippen LogP contribution >= 0.6 is 0 Å². The van der Waals surface area contributed by atoms with Gasteiger partial charge in [0.2, 0.25) is 5.91 Å². The van der Waals surface area contributed by atoms with E-state index in [2.05, 4.69) is 5.32 Å². The third-order valence-corrected chi connectivity index (χ3v) is 2.57. The Labute approximate surface area is 103 Å². The van der Waals surface area contributed by atoms with Crippen molar-refractivity contribution < 1.29 is 14.7 Å². The molecule has 0 fully saturated rings. The normalized spacial score (nSPS) is 12.1. The number of hydrogen-bond donors (Lipinski definition) is 3. The second-order valence-electron chi connectivity index (χ2n) is 4.20. The molecule has 100 valence electrons. The first-order chi connectivity index (χ1) is 8.11. The van der Waals surface area contributed by atoms with Gasteiger partial charge in [-0.05, 0) is 25.8 Å². The maximum atomic E-state index is 11.5. The molecule has 0 aromatic rings. The van der Waals surface area contributed by atoms with Crippen molar-refractivity contribution in [2.24, 2.45) is 5.73 Å². The zero-order valence-electron chi connectivity index (χ0n) is 10.6. The molecule has 5 nitrogen and oxygen atoms in total. The molecule has 0 rings (SSSR count). The Hall–Kier alpha value is -1.10. The highest BCUT2D eigenvalue weighted by Crippen LogP contribution is 2.03. The smallest absolute Gasteiger partial charge is 0.326 e. The average molecular weight is 244 g/mol. The molecule has 0 aliphatic rings. The monoisotopic (exact) mass is 244 g/mol. The Kier molecular flexibility index (Phi) is 9.43. The van der Waals surface area contributed by atoms with E-state index in [1.807, 2.05) is 6.92 Å². The van der Waals surface area contributed by atoms with Crippen LogP contribution in [0.2, 0.25) is 0 Å². The first-order valence-electron chi connectivity index (χ1n) is 6.34. The summed E-state index contributed by atoms with van der Waals surface area (Å²) in [5.41, 5.74) is 5.36. The fraction of sp³-hybridized carbons (Fsp3) is 0.833. The maximum absolute atomic E-state index is 11.5. The van der Waals surface area contributed by atoms with Gasteiger partial charge in [0.15, 0.2) is 0 Å². The average Bonchev–Trinajstić information content (AvgIpc) is 2.28. The van der Waals surface area contributed by atoms with Gasteiger partial charge in [-0.25, -0.2) is 4.79 Å². The molecule has 0 saturated heterocycles. The molecule has 1 amide bonds. The van der Waals surface area contributed by atoms with Gasteiger partial charge in [-0.15, -0.1) is 0 Å². The van der Waals surface area contributed by atoms with Gasteiger partial charge < -0.3 is 16.2 Å². The molecule has 4 N–H and O–H groups in total. The predicted octanol–water partition coefficient (Wildman–Crippen LogP) is 1.27. The molecule has 0 aliphatic heterocycles. The standard InChI is InChI=1S/C12H24N2O3/c1-2-7-10(12(16)17)14-11(15)8-5-3-4-6-9-13/h10H,2-9,13H2,1H3,(H,14,15)(H,16,17)/t10-/m1/s1. The van der Waals surface area contributed by atoms with Crippen molar-refractivity contribution in [1.82, 2.24) is 5.32 Å². The number of rotatable bonds is 10. The highest BCUT2D eigenvalue weighted by atomic mass is 16.4. The zero-order chi connectivity index (χ0) is 13.1. The quantitative estimate of drug-likeness (QED) is 0.504. The molecule has 0 aromatic heterocycles. The highest BCUT2D eigenvalue weighted by molar-refractivity contribution is 5.83. The molecule has 0 unspecified atom stereocenters. The fourth-order valence-electron chi connectivity index (χ4n) is 1.60. The molecule has 0 bridgehead atoms. The molecule has 0 heterocycles. The van der Waals surface area contributed by atoms with Gasteiger partial charge in [-0.2, -0.15) is 0 Å². The minimum absolute atomic E-state index is 0.168. The Bertz CT molecular complexity index is 232. The third kappa shape index (κ3) is 8.68. The lowest BCUT2D eigenvalue weighted by Crippen LogP contribution is -2.40. The van der Waals surface area contributed by atoms with Crippen molar-refractivity contribution in [3.63, 3.8) is 0 Å². The molecule has 5 heteroatoms. The van der Waals surface area contributed by atoms with Crippen LogP contribution in [0.3, 0.4) is 0 Å². The van der Waals surface area contributed by atoms with E-state index in [1.54, 1.807) is 0 Å². The topological polar surface area (TPSA) is 92.4 Å². The number of nitrogens with two attached hydrogens (primary N) is 1. The van der Waals surface area contributed by atoms with Gasteiger partial charge in [0.1, 0.15) is 6.04 Å². The summed E-state index contributed by atoms with van der Waals surface area (Å²) in [5.74, 6) is -1.12. The summed E-state index contributed by atoms with van der Waals surface area (Å²) in [6.07, 6.45) is 5.40. The molecule has 0 aliphatic carbocycles. The summed E-state index contributed by atoms with van der Waals surface area (Å²) < 4.78 is 0. The van der Waals surface area contributed by atoms with E-state index in [-0.39, 0.29) is 5.91 Å². The first-order valence-corrected chi connectivity index (χ1v) is 6.34. The Morgan fingerprint density at radius 2 is 1.88 bits per heavy atom. The van der Waals surface area contributed by atoms with E-state index in [1.165, 1.54) is 0 Å². The number of carboxylic acids is 1. The van der Waals surface area contributed by atoms with Crippen LogP contribution in [0, 0.1) is 0 Å². The minimum Gasteiger partial charge on any atom is -0.480 e. The minimum atomic E-state index is -0.955. The summed E-state index contributed by atoms with van der Waals surface area (Å²) in [6, 6.07) is -0.739. The molecule has 0 aromatic carbocycles. The molecular formula is C12H24N2O3. The van der Waals surface area contributed by atoms with Crippen LogP contribution in [0.15, 0.2) is 0 Å². The third-order valence-electron chi connectivity index (χ3n) is 2.57. The Morgan fingerprint density at radius 1 is 1.24 bits per heavy atom. The van der Waals surface area contributed by atoms with Crippen molar-refractivity contribution >= 4 is 11.9 Å². The highest BCUT2D eigenvalue weighted by Gasteiger charge is 2.17. The summed E-state index contributed by atoms with van der Waals surface area (Å²) in [4.78, 5) is 22.3. The van der Waals surface area contributed by atoms with Gasteiger partial charge in [0, 0.05) is 6.42 Å².